The molecule has 2 aromatic heterocycles. The molecule has 0 atom stereocenters. The zero-order valence-electron chi connectivity index (χ0n) is 21.6. The summed E-state index contributed by atoms with van der Waals surface area (Å²) >= 11 is 0. The third-order valence-electron chi connectivity index (χ3n) is 6.04. The summed E-state index contributed by atoms with van der Waals surface area (Å²) in [5.41, 5.74) is 9.28. The fourth-order valence-corrected chi connectivity index (χ4v) is 4.34. The maximum atomic E-state index is 13.7. The van der Waals surface area contributed by atoms with Crippen LogP contribution in [0.1, 0.15) is 36.2 Å². The number of anilines is 2. The molecule has 2 heterocycles. The van der Waals surface area contributed by atoms with Crippen LogP contribution in [0.15, 0.2) is 90.0 Å². The third-order valence-corrected chi connectivity index (χ3v) is 6.04. The predicted molar refractivity (Wildman–Crippen MR) is 153 cm³/mol. The molecule has 38 heavy (non-hydrogen) atoms. The number of aromatic hydroxyl groups is 1. The van der Waals surface area contributed by atoms with Gasteiger partial charge in [-0.3, -0.25) is 14.8 Å². The quantitative estimate of drug-likeness (QED) is 0.227. The summed E-state index contributed by atoms with van der Waals surface area (Å²) in [7, 11) is 0. The molecule has 0 bridgehead atoms. The van der Waals surface area contributed by atoms with Crippen molar-refractivity contribution in [1.29, 1.82) is 5.41 Å². The molecule has 0 aliphatic heterocycles. The highest BCUT2D eigenvalue weighted by Gasteiger charge is 2.18. The highest BCUT2D eigenvalue weighted by molar-refractivity contribution is 6.16. The molecular weight excluding hydrogens is 476 g/mol. The lowest BCUT2D eigenvalue weighted by Gasteiger charge is -2.18. The highest BCUT2D eigenvalue weighted by Crippen LogP contribution is 2.25. The first-order valence-corrected chi connectivity index (χ1v) is 12.4. The Balaban J connectivity index is 0.00000164. The van der Waals surface area contributed by atoms with E-state index in [2.05, 4.69) is 15.3 Å². The van der Waals surface area contributed by atoms with E-state index in [4.69, 9.17) is 11.1 Å². The van der Waals surface area contributed by atoms with E-state index in [1.54, 1.807) is 16.7 Å². The van der Waals surface area contributed by atoms with Gasteiger partial charge >= 0.3 is 0 Å². The lowest BCUT2D eigenvalue weighted by Crippen LogP contribution is -2.24. The number of nitrogens with zero attached hydrogens (tertiary/aromatic N) is 3. The van der Waals surface area contributed by atoms with Gasteiger partial charge in [0, 0.05) is 16.9 Å². The minimum absolute atomic E-state index is 0.0421. The number of benzene rings is 3. The van der Waals surface area contributed by atoms with E-state index in [1.165, 1.54) is 18.5 Å². The molecule has 0 amide bonds. The van der Waals surface area contributed by atoms with Crippen LogP contribution in [0.2, 0.25) is 0 Å². The number of pyridine rings is 1. The van der Waals surface area contributed by atoms with Gasteiger partial charge in [-0.2, -0.15) is 0 Å². The second-order valence-electron chi connectivity index (χ2n) is 8.41. The number of aryl methyl sites for hydroxylation is 1. The van der Waals surface area contributed by atoms with Crippen molar-refractivity contribution in [3.63, 3.8) is 0 Å². The Morgan fingerprint density at radius 2 is 1.74 bits per heavy atom. The van der Waals surface area contributed by atoms with E-state index in [-0.39, 0.29) is 29.4 Å². The van der Waals surface area contributed by atoms with Crippen molar-refractivity contribution in [2.24, 2.45) is 0 Å². The third kappa shape index (κ3) is 5.10. The average molecular weight is 507 g/mol. The van der Waals surface area contributed by atoms with Crippen LogP contribution < -0.4 is 16.6 Å². The molecule has 0 aliphatic rings. The minimum atomic E-state index is -0.108. The Morgan fingerprint density at radius 3 is 2.47 bits per heavy atom. The first kappa shape index (κ1) is 26.1. The van der Waals surface area contributed by atoms with Crippen molar-refractivity contribution in [3.05, 3.63) is 118 Å². The number of para-hydroxylation sites is 1. The van der Waals surface area contributed by atoms with Crippen LogP contribution in [-0.4, -0.2) is 25.4 Å². The van der Waals surface area contributed by atoms with Crippen molar-refractivity contribution >= 4 is 28.1 Å². The molecule has 0 spiro atoms. The van der Waals surface area contributed by atoms with Crippen LogP contribution in [0, 0.1) is 12.3 Å². The van der Waals surface area contributed by atoms with E-state index >= 15 is 0 Å². The predicted octanol–water partition coefficient (Wildman–Crippen LogP) is 5.43. The van der Waals surface area contributed by atoms with Gasteiger partial charge in [0.1, 0.15) is 23.7 Å². The molecule has 3 aromatic carbocycles. The first-order valence-electron chi connectivity index (χ1n) is 12.4. The Bertz CT molecular complexity index is 1660. The number of hydrogen-bond donors (Lipinski definition) is 4. The van der Waals surface area contributed by atoms with E-state index in [1.807, 2.05) is 75.4 Å². The minimum Gasteiger partial charge on any atom is -0.508 e. The maximum Gasteiger partial charge on any atom is 0.263 e. The SMILES string of the molecule is CC.Cc1cccc2cc(CNc3ncnc(N)c3C(=N)c3cccc(O)c3)n(-c3ccccc3)c(=O)c12. The van der Waals surface area contributed by atoms with Crippen LogP contribution in [0.3, 0.4) is 0 Å². The smallest absolute Gasteiger partial charge is 0.263 e. The lowest BCUT2D eigenvalue weighted by atomic mass is 10.0. The second-order valence-corrected chi connectivity index (χ2v) is 8.41. The number of nitrogens with two attached hydrogens (primary N) is 1. The highest BCUT2D eigenvalue weighted by atomic mass is 16.3. The van der Waals surface area contributed by atoms with Crippen molar-refractivity contribution in [2.75, 3.05) is 11.1 Å². The van der Waals surface area contributed by atoms with Gasteiger partial charge < -0.3 is 16.2 Å². The monoisotopic (exact) mass is 506 g/mol. The Kier molecular flexibility index (Phi) is 7.82. The van der Waals surface area contributed by atoms with Gasteiger partial charge in [-0.25, -0.2) is 9.97 Å². The van der Waals surface area contributed by atoms with Crippen LogP contribution >= 0.6 is 0 Å². The van der Waals surface area contributed by atoms with E-state index in [0.29, 0.717) is 22.3 Å². The van der Waals surface area contributed by atoms with Gasteiger partial charge in [-0.15, -0.1) is 0 Å². The van der Waals surface area contributed by atoms with Gasteiger partial charge in [0.15, 0.2) is 0 Å². The molecule has 0 saturated heterocycles. The molecule has 8 nitrogen and oxygen atoms in total. The van der Waals surface area contributed by atoms with Gasteiger partial charge in [0.05, 0.1) is 23.2 Å². The molecule has 0 unspecified atom stereocenters. The number of phenols is 1. The zero-order chi connectivity index (χ0) is 27.2. The Hall–Kier alpha value is -4.98. The Morgan fingerprint density at radius 1 is 1.00 bits per heavy atom. The topological polar surface area (TPSA) is 130 Å². The fourth-order valence-electron chi connectivity index (χ4n) is 4.34. The summed E-state index contributed by atoms with van der Waals surface area (Å²) in [6.45, 7) is 6.17. The van der Waals surface area contributed by atoms with E-state index in [0.717, 1.165) is 22.3 Å². The molecule has 0 fully saturated rings. The summed E-state index contributed by atoms with van der Waals surface area (Å²) in [6.07, 6.45) is 1.32. The zero-order valence-corrected chi connectivity index (χ0v) is 21.6. The molecule has 0 radical (unpaired) electrons. The van der Waals surface area contributed by atoms with Crippen molar-refractivity contribution < 1.29 is 5.11 Å². The van der Waals surface area contributed by atoms with Gasteiger partial charge in [0.25, 0.3) is 5.56 Å². The molecule has 192 valence electrons. The maximum absolute atomic E-state index is 13.7. The van der Waals surface area contributed by atoms with Crippen LogP contribution in [0.25, 0.3) is 16.5 Å². The summed E-state index contributed by atoms with van der Waals surface area (Å²) < 4.78 is 1.69. The second kappa shape index (κ2) is 11.4. The summed E-state index contributed by atoms with van der Waals surface area (Å²) in [5, 5.41) is 23.3. The van der Waals surface area contributed by atoms with Gasteiger partial charge in [0.2, 0.25) is 0 Å². The molecule has 0 aliphatic carbocycles. The Labute approximate surface area is 221 Å². The standard InChI is InChI=1S/C28H24N6O2.C2H6/c1-17-7-5-8-18-13-21(34(28(36)23(17)18)20-10-3-2-4-11-20)15-31-27-24(26(30)32-16-33-27)25(29)19-9-6-12-22(35)14-19;1-2/h2-14,16,29,35H,15H2,1H3,(H3,30,31,32,33);1-2H3. The van der Waals surface area contributed by atoms with Crippen LogP contribution in [-0.2, 0) is 6.54 Å². The summed E-state index contributed by atoms with van der Waals surface area (Å²) in [6, 6.07) is 23.6. The van der Waals surface area contributed by atoms with Gasteiger partial charge in [-0.05, 0) is 48.2 Å². The number of nitrogen functional groups attached to an aromatic ring is 1. The summed E-state index contributed by atoms with van der Waals surface area (Å²) in [4.78, 5) is 22.1. The number of fused-ring (bicyclic) bond motifs is 1. The number of hydrogen-bond acceptors (Lipinski definition) is 7. The number of rotatable bonds is 6. The molecule has 5 aromatic rings. The first-order chi connectivity index (χ1) is 18.4. The van der Waals surface area contributed by atoms with Crippen molar-refractivity contribution in [2.45, 2.75) is 27.3 Å². The normalized spacial score (nSPS) is 10.5. The molecular formula is C30H30N6O2. The van der Waals surface area contributed by atoms with Crippen LogP contribution in [0.5, 0.6) is 5.75 Å². The summed E-state index contributed by atoms with van der Waals surface area (Å²) in [5.74, 6) is 0.531. The van der Waals surface area contributed by atoms with Crippen molar-refractivity contribution in [1.82, 2.24) is 14.5 Å². The number of nitrogens with one attached hydrogen (secondary N) is 2. The number of aromatic nitrogens is 3. The molecule has 5 N–H and O–H groups in total. The largest absolute Gasteiger partial charge is 0.508 e. The average Bonchev–Trinajstić information content (AvgIpc) is 2.93. The molecule has 0 saturated carbocycles. The lowest BCUT2D eigenvalue weighted by molar-refractivity contribution is 0.475. The number of phenolic OH excluding ortho intramolecular Hbond substituents is 1. The molecule has 8 heteroatoms. The van der Waals surface area contributed by atoms with E-state index < -0.39 is 0 Å². The van der Waals surface area contributed by atoms with Crippen LogP contribution in [0.4, 0.5) is 11.6 Å². The molecule has 5 rings (SSSR count). The fraction of sp³-hybridized carbons (Fsp3) is 0.133. The van der Waals surface area contributed by atoms with Crippen molar-refractivity contribution in [3.8, 4) is 11.4 Å². The van der Waals surface area contributed by atoms with Gasteiger partial charge in [-0.1, -0.05) is 62.4 Å². The van der Waals surface area contributed by atoms with E-state index in [9.17, 15) is 9.90 Å².